The van der Waals surface area contributed by atoms with Gasteiger partial charge in [0.05, 0.1) is 5.56 Å². The molecule has 1 aromatic rings. The maximum atomic E-state index is 12.3. The number of hydrogen-bond donors (Lipinski definition) is 2. The van der Waals surface area contributed by atoms with Crippen molar-refractivity contribution in [2.45, 2.75) is 12.2 Å². The molecule has 0 saturated heterocycles. The van der Waals surface area contributed by atoms with Crippen molar-refractivity contribution >= 4 is 5.91 Å². The van der Waals surface area contributed by atoms with E-state index in [1.807, 2.05) is 0 Å². The Morgan fingerprint density at radius 2 is 1.93 bits per heavy atom. The molecular formula is C9H9F3N2O. The van der Waals surface area contributed by atoms with Crippen LogP contribution in [0.3, 0.4) is 0 Å². The third-order valence-corrected chi connectivity index (χ3v) is 1.88. The molecule has 4 N–H and O–H groups in total. The van der Waals surface area contributed by atoms with Crippen molar-refractivity contribution < 1.29 is 18.0 Å². The highest BCUT2D eigenvalue weighted by Gasteiger charge is 2.31. The maximum absolute atomic E-state index is 12.3. The average Bonchev–Trinajstić information content (AvgIpc) is 2.15. The summed E-state index contributed by atoms with van der Waals surface area (Å²) in [5, 5.41) is 0. The monoisotopic (exact) mass is 218 g/mol. The van der Waals surface area contributed by atoms with Gasteiger partial charge in [-0.15, -0.1) is 0 Å². The topological polar surface area (TPSA) is 69.1 Å². The molecule has 0 fully saturated rings. The van der Waals surface area contributed by atoms with Gasteiger partial charge in [0.15, 0.2) is 0 Å². The molecule has 0 spiro atoms. The van der Waals surface area contributed by atoms with Crippen molar-refractivity contribution in [3.8, 4) is 0 Å². The van der Waals surface area contributed by atoms with Gasteiger partial charge in [0, 0.05) is 0 Å². The summed E-state index contributed by atoms with van der Waals surface area (Å²) in [7, 11) is 0. The lowest BCUT2D eigenvalue weighted by Gasteiger charge is -2.11. The van der Waals surface area contributed by atoms with Crippen molar-refractivity contribution in [1.29, 1.82) is 0 Å². The van der Waals surface area contributed by atoms with E-state index >= 15 is 0 Å². The molecule has 0 saturated carbocycles. The zero-order valence-corrected chi connectivity index (χ0v) is 7.58. The number of amides is 1. The smallest absolute Gasteiger partial charge is 0.368 e. The van der Waals surface area contributed by atoms with E-state index in [1.165, 1.54) is 12.1 Å². The van der Waals surface area contributed by atoms with Crippen LogP contribution in [-0.2, 0) is 11.0 Å². The summed E-state index contributed by atoms with van der Waals surface area (Å²) in [6.07, 6.45) is -4.45. The van der Waals surface area contributed by atoms with Crippen LogP contribution in [0.1, 0.15) is 17.2 Å². The molecule has 82 valence electrons. The fourth-order valence-electron chi connectivity index (χ4n) is 1.07. The van der Waals surface area contributed by atoms with Crippen molar-refractivity contribution in [2.75, 3.05) is 0 Å². The van der Waals surface area contributed by atoms with E-state index in [4.69, 9.17) is 11.5 Å². The van der Waals surface area contributed by atoms with Crippen molar-refractivity contribution in [3.63, 3.8) is 0 Å². The van der Waals surface area contributed by atoms with Crippen LogP contribution in [0.15, 0.2) is 24.3 Å². The number of hydrogen-bond acceptors (Lipinski definition) is 2. The van der Waals surface area contributed by atoms with Crippen LogP contribution in [-0.4, -0.2) is 5.91 Å². The minimum atomic E-state index is -4.45. The number of halogens is 3. The maximum Gasteiger partial charge on any atom is 0.416 e. The number of carbonyl (C=O) groups is 1. The first-order chi connectivity index (χ1) is 6.82. The molecule has 3 nitrogen and oxygen atoms in total. The van der Waals surface area contributed by atoms with Crippen LogP contribution in [0.5, 0.6) is 0 Å². The Bertz CT molecular complexity index is 376. The van der Waals surface area contributed by atoms with E-state index in [0.29, 0.717) is 0 Å². The lowest BCUT2D eigenvalue weighted by atomic mass is 10.0. The second-order valence-electron chi connectivity index (χ2n) is 3.00. The number of primary amides is 1. The Morgan fingerprint density at radius 1 is 1.33 bits per heavy atom. The van der Waals surface area contributed by atoms with Crippen molar-refractivity contribution in [3.05, 3.63) is 35.4 Å². The van der Waals surface area contributed by atoms with Gasteiger partial charge in [0.25, 0.3) is 0 Å². The van der Waals surface area contributed by atoms with Gasteiger partial charge in [-0.3, -0.25) is 4.79 Å². The molecule has 0 heterocycles. The molecule has 0 aromatic heterocycles. The Morgan fingerprint density at radius 3 is 2.40 bits per heavy atom. The highest BCUT2D eigenvalue weighted by molar-refractivity contribution is 5.81. The second kappa shape index (κ2) is 3.90. The van der Waals surface area contributed by atoms with Crippen LogP contribution in [0.25, 0.3) is 0 Å². The number of carbonyl (C=O) groups excluding carboxylic acids is 1. The van der Waals surface area contributed by atoms with E-state index in [-0.39, 0.29) is 5.56 Å². The fraction of sp³-hybridized carbons (Fsp3) is 0.222. The van der Waals surface area contributed by atoms with Gasteiger partial charge in [-0.1, -0.05) is 12.1 Å². The molecule has 0 radical (unpaired) electrons. The van der Waals surface area contributed by atoms with Gasteiger partial charge < -0.3 is 11.5 Å². The standard InChI is InChI=1S/C9H9F3N2O/c10-9(11,12)6-3-1-2-5(4-6)7(13)8(14)15/h1-4,7H,13H2,(H2,14,15). The Kier molecular flexibility index (Phi) is 2.99. The normalized spacial score (nSPS) is 13.6. The molecule has 6 heteroatoms. The van der Waals surface area contributed by atoms with Gasteiger partial charge >= 0.3 is 6.18 Å². The fourth-order valence-corrected chi connectivity index (χ4v) is 1.07. The Balaban J connectivity index is 3.08. The van der Waals surface area contributed by atoms with Gasteiger partial charge in [0.1, 0.15) is 6.04 Å². The van der Waals surface area contributed by atoms with Gasteiger partial charge in [-0.2, -0.15) is 13.2 Å². The summed E-state index contributed by atoms with van der Waals surface area (Å²) in [6.45, 7) is 0. The SMILES string of the molecule is NC(=O)C(N)c1cccc(C(F)(F)F)c1. The van der Waals surface area contributed by atoms with E-state index in [9.17, 15) is 18.0 Å². The molecule has 1 rings (SSSR count). The summed E-state index contributed by atoms with van der Waals surface area (Å²) in [5.74, 6) is -0.866. The molecular weight excluding hydrogens is 209 g/mol. The first-order valence-electron chi connectivity index (χ1n) is 4.04. The number of alkyl halides is 3. The zero-order valence-electron chi connectivity index (χ0n) is 7.58. The van der Waals surface area contributed by atoms with E-state index in [2.05, 4.69) is 0 Å². The Hall–Kier alpha value is -1.56. The van der Waals surface area contributed by atoms with Crippen LogP contribution in [0.2, 0.25) is 0 Å². The summed E-state index contributed by atoms with van der Waals surface area (Å²) in [5.41, 5.74) is 9.39. The van der Waals surface area contributed by atoms with Gasteiger partial charge in [-0.05, 0) is 17.7 Å². The summed E-state index contributed by atoms with van der Waals surface area (Å²) < 4.78 is 36.8. The molecule has 1 amide bonds. The van der Waals surface area contributed by atoms with Gasteiger partial charge in [0.2, 0.25) is 5.91 Å². The average molecular weight is 218 g/mol. The molecule has 0 bridgehead atoms. The Labute approximate surface area is 83.9 Å². The highest BCUT2D eigenvalue weighted by Crippen LogP contribution is 2.30. The quantitative estimate of drug-likeness (QED) is 0.782. The van der Waals surface area contributed by atoms with Crippen LogP contribution >= 0.6 is 0 Å². The van der Waals surface area contributed by atoms with E-state index in [1.54, 1.807) is 0 Å². The van der Waals surface area contributed by atoms with Crippen LogP contribution < -0.4 is 11.5 Å². The summed E-state index contributed by atoms with van der Waals surface area (Å²) in [6, 6.07) is 3.01. The van der Waals surface area contributed by atoms with Crippen LogP contribution in [0.4, 0.5) is 13.2 Å². The predicted molar refractivity (Wildman–Crippen MR) is 47.6 cm³/mol. The predicted octanol–water partition coefficient (Wildman–Crippen LogP) is 1.19. The highest BCUT2D eigenvalue weighted by atomic mass is 19.4. The minimum Gasteiger partial charge on any atom is -0.368 e. The second-order valence-corrected chi connectivity index (χ2v) is 3.00. The van der Waals surface area contributed by atoms with Crippen LogP contribution in [0, 0.1) is 0 Å². The summed E-state index contributed by atoms with van der Waals surface area (Å²) >= 11 is 0. The van der Waals surface area contributed by atoms with E-state index in [0.717, 1.165) is 12.1 Å². The number of nitrogens with two attached hydrogens (primary N) is 2. The lowest BCUT2D eigenvalue weighted by molar-refractivity contribution is -0.137. The largest absolute Gasteiger partial charge is 0.416 e. The third kappa shape index (κ3) is 2.69. The van der Waals surface area contributed by atoms with Gasteiger partial charge in [-0.25, -0.2) is 0 Å². The van der Waals surface area contributed by atoms with Crippen molar-refractivity contribution in [2.24, 2.45) is 11.5 Å². The molecule has 1 atom stereocenters. The first kappa shape index (κ1) is 11.5. The minimum absolute atomic E-state index is 0.0531. The molecule has 15 heavy (non-hydrogen) atoms. The number of rotatable bonds is 2. The number of benzene rings is 1. The van der Waals surface area contributed by atoms with E-state index < -0.39 is 23.7 Å². The lowest BCUT2D eigenvalue weighted by Crippen LogP contribution is -2.28. The third-order valence-electron chi connectivity index (χ3n) is 1.88. The van der Waals surface area contributed by atoms with Crippen molar-refractivity contribution in [1.82, 2.24) is 0 Å². The molecule has 0 aliphatic heterocycles. The summed E-state index contributed by atoms with van der Waals surface area (Å²) in [4.78, 5) is 10.7. The molecule has 0 aliphatic rings. The molecule has 1 aromatic carbocycles. The molecule has 0 aliphatic carbocycles. The first-order valence-corrected chi connectivity index (χ1v) is 4.04. The zero-order chi connectivity index (χ0) is 11.6. The molecule has 1 unspecified atom stereocenters.